The predicted octanol–water partition coefficient (Wildman–Crippen LogP) is 2.40. The van der Waals surface area contributed by atoms with Gasteiger partial charge in [-0.1, -0.05) is 32.3 Å². The van der Waals surface area contributed by atoms with Crippen molar-refractivity contribution in [3.63, 3.8) is 0 Å². The fraction of sp³-hybridized carbons (Fsp3) is 0.727. The second kappa shape index (κ2) is 5.79. The number of nitrogens with one attached hydrogen (secondary N) is 1. The summed E-state index contributed by atoms with van der Waals surface area (Å²) in [5.41, 5.74) is 0. The monoisotopic (exact) mass is 181 g/mol. The van der Waals surface area contributed by atoms with Crippen molar-refractivity contribution in [1.82, 2.24) is 5.32 Å². The summed E-state index contributed by atoms with van der Waals surface area (Å²) in [4.78, 5) is 11.3. The average Bonchev–Trinajstić information content (AvgIpc) is 2.16. The van der Waals surface area contributed by atoms with E-state index in [1.165, 1.54) is 19.3 Å². The third kappa shape index (κ3) is 4.11. The van der Waals surface area contributed by atoms with E-state index in [9.17, 15) is 4.79 Å². The average molecular weight is 181 g/mol. The summed E-state index contributed by atoms with van der Waals surface area (Å²) in [7, 11) is 0. The second-order valence-corrected chi connectivity index (χ2v) is 3.65. The normalized spacial score (nSPS) is 19.2. The third-order valence-electron chi connectivity index (χ3n) is 2.46. The van der Waals surface area contributed by atoms with Crippen molar-refractivity contribution >= 4 is 5.91 Å². The molecule has 0 spiro atoms. The van der Waals surface area contributed by atoms with E-state index in [4.69, 9.17) is 0 Å². The molecule has 1 aliphatic rings. The zero-order valence-corrected chi connectivity index (χ0v) is 8.38. The van der Waals surface area contributed by atoms with Gasteiger partial charge in [0, 0.05) is 6.04 Å². The number of allylic oxidation sites excluding steroid dienone is 1. The van der Waals surface area contributed by atoms with Crippen LogP contribution in [0.4, 0.5) is 0 Å². The van der Waals surface area contributed by atoms with Crippen molar-refractivity contribution in [2.24, 2.45) is 0 Å². The van der Waals surface area contributed by atoms with E-state index < -0.39 is 0 Å². The van der Waals surface area contributed by atoms with Gasteiger partial charge in [0.25, 0.3) is 0 Å². The maximum atomic E-state index is 11.3. The Balaban J connectivity index is 2.22. The Morgan fingerprint density at radius 1 is 1.38 bits per heavy atom. The lowest BCUT2D eigenvalue weighted by atomic mass is 9.95. The van der Waals surface area contributed by atoms with Gasteiger partial charge in [0.2, 0.25) is 5.91 Å². The fourth-order valence-corrected chi connectivity index (χ4v) is 1.72. The topological polar surface area (TPSA) is 29.1 Å². The molecule has 0 bridgehead atoms. The summed E-state index contributed by atoms with van der Waals surface area (Å²) in [5, 5.41) is 3.03. The molecule has 1 saturated carbocycles. The summed E-state index contributed by atoms with van der Waals surface area (Å²) in [6.45, 7) is 2.03. The summed E-state index contributed by atoms with van der Waals surface area (Å²) < 4.78 is 0. The van der Waals surface area contributed by atoms with E-state index in [-0.39, 0.29) is 5.91 Å². The van der Waals surface area contributed by atoms with Crippen LogP contribution < -0.4 is 5.32 Å². The van der Waals surface area contributed by atoms with Gasteiger partial charge in [-0.15, -0.1) is 0 Å². The minimum atomic E-state index is 0.0775. The molecule has 13 heavy (non-hydrogen) atoms. The zero-order valence-electron chi connectivity index (χ0n) is 8.38. The van der Waals surface area contributed by atoms with Crippen LogP contribution in [0.5, 0.6) is 0 Å². The van der Waals surface area contributed by atoms with Crippen LogP contribution in [0.1, 0.15) is 45.4 Å². The molecular weight excluding hydrogens is 162 g/mol. The van der Waals surface area contributed by atoms with Crippen molar-refractivity contribution in [1.29, 1.82) is 0 Å². The highest BCUT2D eigenvalue weighted by Crippen LogP contribution is 2.17. The van der Waals surface area contributed by atoms with Gasteiger partial charge in [0.1, 0.15) is 0 Å². The Kier molecular flexibility index (Phi) is 4.58. The molecule has 74 valence electrons. The van der Waals surface area contributed by atoms with E-state index in [0.29, 0.717) is 6.04 Å². The Bertz CT molecular complexity index is 181. The Labute approximate surface area is 80.4 Å². The van der Waals surface area contributed by atoms with Crippen LogP contribution in [0.25, 0.3) is 0 Å². The highest BCUT2D eigenvalue weighted by atomic mass is 16.1. The van der Waals surface area contributed by atoms with Crippen molar-refractivity contribution in [3.05, 3.63) is 12.2 Å². The molecule has 2 nitrogen and oxygen atoms in total. The van der Waals surface area contributed by atoms with Crippen LogP contribution in [0.15, 0.2) is 12.2 Å². The summed E-state index contributed by atoms with van der Waals surface area (Å²) in [5.74, 6) is 0.0775. The van der Waals surface area contributed by atoms with E-state index in [2.05, 4.69) is 5.32 Å². The molecule has 1 fully saturated rings. The molecule has 1 rings (SSSR count). The standard InChI is InChI=1S/C11H19NO/c1-2-3-9-11(13)12-10-7-5-4-6-8-10/h3,9-10H,2,4-8H2,1H3,(H,12,13). The summed E-state index contributed by atoms with van der Waals surface area (Å²) in [6, 6.07) is 0.433. The summed E-state index contributed by atoms with van der Waals surface area (Å²) >= 11 is 0. The Morgan fingerprint density at radius 3 is 2.69 bits per heavy atom. The van der Waals surface area contributed by atoms with Crippen molar-refractivity contribution < 1.29 is 4.79 Å². The van der Waals surface area contributed by atoms with Gasteiger partial charge < -0.3 is 5.32 Å². The number of carbonyl (C=O) groups is 1. The van der Waals surface area contributed by atoms with Crippen LogP contribution >= 0.6 is 0 Å². The van der Waals surface area contributed by atoms with Crippen LogP contribution in [0.3, 0.4) is 0 Å². The molecule has 1 amide bonds. The lowest BCUT2D eigenvalue weighted by molar-refractivity contribution is -0.117. The van der Waals surface area contributed by atoms with Crippen LogP contribution in [-0.2, 0) is 4.79 Å². The number of carbonyl (C=O) groups excluding carboxylic acids is 1. The van der Waals surface area contributed by atoms with E-state index in [1.807, 2.05) is 13.0 Å². The zero-order chi connectivity index (χ0) is 9.52. The molecule has 0 unspecified atom stereocenters. The van der Waals surface area contributed by atoms with Crippen molar-refractivity contribution in [3.8, 4) is 0 Å². The van der Waals surface area contributed by atoms with Gasteiger partial charge in [0.05, 0.1) is 0 Å². The lowest BCUT2D eigenvalue weighted by Crippen LogP contribution is -2.34. The van der Waals surface area contributed by atoms with Crippen molar-refractivity contribution in [2.75, 3.05) is 0 Å². The van der Waals surface area contributed by atoms with Gasteiger partial charge >= 0.3 is 0 Å². The van der Waals surface area contributed by atoms with E-state index in [0.717, 1.165) is 19.3 Å². The molecule has 1 aliphatic carbocycles. The van der Waals surface area contributed by atoms with Gasteiger partial charge in [0.15, 0.2) is 0 Å². The first-order valence-corrected chi connectivity index (χ1v) is 5.30. The maximum absolute atomic E-state index is 11.3. The first kappa shape index (κ1) is 10.3. The molecule has 0 aromatic heterocycles. The maximum Gasteiger partial charge on any atom is 0.243 e. The molecule has 0 heterocycles. The molecule has 0 saturated heterocycles. The molecule has 1 N–H and O–H groups in total. The molecular formula is C11H19NO. The SMILES string of the molecule is CCC=CC(=O)NC1CCCCC1. The highest BCUT2D eigenvalue weighted by Gasteiger charge is 2.13. The number of amides is 1. The second-order valence-electron chi connectivity index (χ2n) is 3.65. The molecule has 2 heteroatoms. The minimum Gasteiger partial charge on any atom is -0.350 e. The first-order valence-electron chi connectivity index (χ1n) is 5.30. The Morgan fingerprint density at radius 2 is 2.08 bits per heavy atom. The molecule has 0 aliphatic heterocycles. The molecule has 0 aromatic carbocycles. The third-order valence-corrected chi connectivity index (χ3v) is 2.46. The minimum absolute atomic E-state index is 0.0775. The number of rotatable bonds is 3. The smallest absolute Gasteiger partial charge is 0.243 e. The number of hydrogen-bond donors (Lipinski definition) is 1. The van der Waals surface area contributed by atoms with Crippen LogP contribution in [0, 0.1) is 0 Å². The highest BCUT2D eigenvalue weighted by molar-refractivity contribution is 5.87. The van der Waals surface area contributed by atoms with Crippen LogP contribution in [0.2, 0.25) is 0 Å². The Hall–Kier alpha value is -0.790. The largest absolute Gasteiger partial charge is 0.350 e. The first-order chi connectivity index (χ1) is 6.33. The van der Waals surface area contributed by atoms with Gasteiger partial charge in [-0.3, -0.25) is 4.79 Å². The lowest BCUT2D eigenvalue weighted by Gasteiger charge is -2.21. The predicted molar refractivity (Wildman–Crippen MR) is 54.4 cm³/mol. The van der Waals surface area contributed by atoms with E-state index in [1.54, 1.807) is 6.08 Å². The van der Waals surface area contributed by atoms with Gasteiger partial charge in [-0.05, 0) is 25.3 Å². The number of hydrogen-bond acceptors (Lipinski definition) is 1. The summed E-state index contributed by atoms with van der Waals surface area (Å²) in [6.07, 6.45) is 10.7. The molecule has 0 aromatic rings. The van der Waals surface area contributed by atoms with Gasteiger partial charge in [-0.2, -0.15) is 0 Å². The fourth-order valence-electron chi connectivity index (χ4n) is 1.72. The van der Waals surface area contributed by atoms with Gasteiger partial charge in [-0.25, -0.2) is 0 Å². The van der Waals surface area contributed by atoms with E-state index >= 15 is 0 Å². The molecule has 0 atom stereocenters. The van der Waals surface area contributed by atoms with Crippen molar-refractivity contribution in [2.45, 2.75) is 51.5 Å². The quantitative estimate of drug-likeness (QED) is 0.665. The molecule has 0 radical (unpaired) electrons. The van der Waals surface area contributed by atoms with Crippen LogP contribution in [-0.4, -0.2) is 11.9 Å².